The lowest BCUT2D eigenvalue weighted by atomic mass is 9.90. The Balaban J connectivity index is 1.20. The maximum Gasteiger partial charge on any atom is 0.0722 e. The summed E-state index contributed by atoms with van der Waals surface area (Å²) >= 11 is 0. The first kappa shape index (κ1) is 33.2. The van der Waals surface area contributed by atoms with Crippen LogP contribution in [0.5, 0.6) is 0 Å². The van der Waals surface area contributed by atoms with Crippen LogP contribution in [-0.2, 0) is 0 Å². The van der Waals surface area contributed by atoms with E-state index in [1.54, 1.807) is 0 Å². The average molecular weight is 713 g/mol. The summed E-state index contributed by atoms with van der Waals surface area (Å²) < 4.78 is 0. The molecule has 0 saturated heterocycles. The summed E-state index contributed by atoms with van der Waals surface area (Å²) in [6.45, 7) is 0. The minimum atomic E-state index is 0.928. The summed E-state index contributed by atoms with van der Waals surface area (Å²) in [7, 11) is 0. The van der Waals surface area contributed by atoms with Crippen LogP contribution in [0.4, 0.5) is 0 Å². The number of hydrogen-bond donors (Lipinski definition) is 0. The fourth-order valence-corrected chi connectivity index (χ4v) is 7.91. The lowest BCUT2D eigenvalue weighted by molar-refractivity contribution is 1.32. The van der Waals surface area contributed by atoms with E-state index < -0.39 is 0 Å². The quantitative estimate of drug-likeness (QED) is 0.154. The van der Waals surface area contributed by atoms with Crippen LogP contribution < -0.4 is 0 Å². The topological polar surface area (TPSA) is 25.8 Å². The molecule has 2 nitrogen and oxygen atoms in total. The van der Waals surface area contributed by atoms with Gasteiger partial charge in [-0.2, -0.15) is 0 Å². The predicted octanol–water partition coefficient (Wildman–Crippen LogP) is 14.5. The van der Waals surface area contributed by atoms with E-state index in [1.165, 1.54) is 33.0 Å². The fourth-order valence-electron chi connectivity index (χ4n) is 7.91. The van der Waals surface area contributed by atoms with Crippen LogP contribution in [0.1, 0.15) is 0 Å². The van der Waals surface area contributed by atoms with Crippen molar-refractivity contribution >= 4 is 21.7 Å². The number of hydrogen-bond acceptors (Lipinski definition) is 2. The third kappa shape index (κ3) is 6.34. The molecule has 0 N–H and O–H groups in total. The van der Waals surface area contributed by atoms with Crippen LogP contribution in [-0.4, -0.2) is 9.97 Å². The van der Waals surface area contributed by atoms with Crippen LogP contribution in [0.3, 0.4) is 0 Å². The molecule has 262 valence electrons. The second kappa shape index (κ2) is 14.4. The summed E-state index contributed by atoms with van der Waals surface area (Å²) in [5.41, 5.74) is 16.3. The van der Waals surface area contributed by atoms with Gasteiger partial charge in [0.2, 0.25) is 0 Å². The normalized spacial score (nSPS) is 11.2. The Morgan fingerprint density at radius 3 is 1.27 bits per heavy atom. The van der Waals surface area contributed by atoms with E-state index >= 15 is 0 Å². The van der Waals surface area contributed by atoms with Gasteiger partial charge in [-0.15, -0.1) is 0 Å². The Kier molecular flexibility index (Phi) is 8.55. The molecule has 0 aliphatic rings. The van der Waals surface area contributed by atoms with Gasteiger partial charge in [0.25, 0.3) is 0 Å². The molecule has 0 aliphatic carbocycles. The van der Waals surface area contributed by atoms with Crippen molar-refractivity contribution in [1.29, 1.82) is 0 Å². The van der Waals surface area contributed by atoms with Crippen molar-refractivity contribution < 1.29 is 0 Å². The maximum absolute atomic E-state index is 5.38. The van der Waals surface area contributed by atoms with E-state index in [0.29, 0.717) is 0 Å². The summed E-state index contributed by atoms with van der Waals surface area (Å²) in [5, 5.41) is 3.49. The molecule has 2 aromatic heterocycles. The molecule has 2 heterocycles. The zero-order chi connectivity index (χ0) is 37.3. The maximum atomic E-state index is 5.38. The Hall–Kier alpha value is -7.42. The van der Waals surface area contributed by atoms with E-state index in [-0.39, 0.29) is 0 Å². The summed E-state index contributed by atoms with van der Waals surface area (Å²) in [6, 6.07) is 77.6. The third-order valence-electron chi connectivity index (χ3n) is 10.7. The number of aromatic nitrogens is 2. The molecule has 56 heavy (non-hydrogen) atoms. The standard InChI is InChI=1S/C54H36N2/c1-5-16-37(17-6-1)41-24-13-26-43(32-41)51-34-45(35-52(56-51)44-27-14-25-42(33-44)38-18-7-2-8-19-38)46-28-15-29-48-47(46)30-31-50-54(48)49(39-20-9-3-10-21-39)36-53(55-50)40-22-11-4-12-23-40/h1-36H. The lowest BCUT2D eigenvalue weighted by Gasteiger charge is -2.16. The van der Waals surface area contributed by atoms with E-state index in [9.17, 15) is 0 Å². The summed E-state index contributed by atoms with van der Waals surface area (Å²) in [6.07, 6.45) is 0. The second-order valence-corrected chi connectivity index (χ2v) is 14.2. The van der Waals surface area contributed by atoms with Gasteiger partial charge in [-0.1, -0.05) is 182 Å². The molecular formula is C54H36N2. The van der Waals surface area contributed by atoms with Crippen LogP contribution in [0.15, 0.2) is 218 Å². The van der Waals surface area contributed by atoms with Gasteiger partial charge in [0, 0.05) is 22.1 Å². The van der Waals surface area contributed by atoms with Gasteiger partial charge in [0.1, 0.15) is 0 Å². The molecule has 10 rings (SSSR count). The largest absolute Gasteiger partial charge is 0.248 e. The van der Waals surface area contributed by atoms with Gasteiger partial charge < -0.3 is 0 Å². The van der Waals surface area contributed by atoms with Crippen molar-refractivity contribution in [3.8, 4) is 78.3 Å². The van der Waals surface area contributed by atoms with Gasteiger partial charge in [-0.05, 0) is 91.7 Å². The highest BCUT2D eigenvalue weighted by molar-refractivity contribution is 6.17. The van der Waals surface area contributed by atoms with Crippen LogP contribution in [0.2, 0.25) is 0 Å². The van der Waals surface area contributed by atoms with Crippen LogP contribution in [0.25, 0.3) is 100.0 Å². The van der Waals surface area contributed by atoms with Gasteiger partial charge in [0.05, 0.1) is 22.6 Å². The van der Waals surface area contributed by atoms with E-state index in [1.807, 2.05) is 6.07 Å². The molecule has 8 aromatic carbocycles. The van der Waals surface area contributed by atoms with Gasteiger partial charge in [-0.3, -0.25) is 0 Å². The SMILES string of the molecule is c1ccc(-c2cccc(-c3cc(-c4cccc5c4ccc4nc(-c6ccccc6)cc(-c6ccccc6)c45)cc(-c4cccc(-c5ccccc5)c4)n3)c2)cc1. The molecule has 10 aromatic rings. The minimum Gasteiger partial charge on any atom is -0.248 e. The van der Waals surface area contributed by atoms with Crippen molar-refractivity contribution in [3.63, 3.8) is 0 Å². The predicted molar refractivity (Wildman–Crippen MR) is 235 cm³/mol. The van der Waals surface area contributed by atoms with Crippen molar-refractivity contribution in [1.82, 2.24) is 9.97 Å². The number of pyridine rings is 2. The van der Waals surface area contributed by atoms with Crippen LogP contribution in [0, 0.1) is 0 Å². The third-order valence-corrected chi connectivity index (χ3v) is 10.7. The van der Waals surface area contributed by atoms with Gasteiger partial charge in [0.15, 0.2) is 0 Å². The summed E-state index contributed by atoms with van der Waals surface area (Å²) in [4.78, 5) is 10.6. The van der Waals surface area contributed by atoms with Crippen molar-refractivity contribution in [3.05, 3.63) is 218 Å². The monoisotopic (exact) mass is 712 g/mol. The van der Waals surface area contributed by atoms with E-state index in [4.69, 9.17) is 9.97 Å². The molecule has 0 atom stereocenters. The molecule has 0 aliphatic heterocycles. The molecule has 0 fully saturated rings. The van der Waals surface area contributed by atoms with Gasteiger partial charge in [-0.25, -0.2) is 9.97 Å². The summed E-state index contributed by atoms with van der Waals surface area (Å²) in [5.74, 6) is 0. The Morgan fingerprint density at radius 1 is 0.232 bits per heavy atom. The second-order valence-electron chi connectivity index (χ2n) is 14.2. The van der Waals surface area contributed by atoms with Gasteiger partial charge >= 0.3 is 0 Å². The number of benzene rings is 8. The zero-order valence-electron chi connectivity index (χ0n) is 30.7. The highest BCUT2D eigenvalue weighted by Gasteiger charge is 2.17. The molecular weight excluding hydrogens is 677 g/mol. The number of fused-ring (bicyclic) bond motifs is 3. The van der Waals surface area contributed by atoms with Crippen molar-refractivity contribution in [2.45, 2.75) is 0 Å². The Labute approximate surface area is 327 Å². The average Bonchev–Trinajstić information content (AvgIpc) is 3.29. The van der Waals surface area contributed by atoms with Crippen LogP contribution >= 0.6 is 0 Å². The Bertz CT molecular complexity index is 2890. The lowest BCUT2D eigenvalue weighted by Crippen LogP contribution is -1.94. The first-order valence-corrected chi connectivity index (χ1v) is 19.1. The number of rotatable bonds is 7. The highest BCUT2D eigenvalue weighted by atomic mass is 14.7. The molecule has 0 bridgehead atoms. The molecule has 0 saturated carbocycles. The molecule has 0 spiro atoms. The molecule has 0 amide bonds. The van der Waals surface area contributed by atoms with Crippen molar-refractivity contribution in [2.24, 2.45) is 0 Å². The number of nitrogens with zero attached hydrogens (tertiary/aromatic N) is 2. The minimum absolute atomic E-state index is 0.928. The molecule has 0 unspecified atom stereocenters. The Morgan fingerprint density at radius 2 is 0.696 bits per heavy atom. The van der Waals surface area contributed by atoms with E-state index in [2.05, 4.69) is 212 Å². The fraction of sp³-hybridized carbons (Fsp3) is 0. The zero-order valence-corrected chi connectivity index (χ0v) is 30.7. The highest BCUT2D eigenvalue weighted by Crippen LogP contribution is 2.41. The first-order valence-electron chi connectivity index (χ1n) is 19.1. The smallest absolute Gasteiger partial charge is 0.0722 e. The van der Waals surface area contributed by atoms with E-state index in [0.717, 1.165) is 66.9 Å². The molecule has 0 radical (unpaired) electrons. The first-order chi connectivity index (χ1) is 27.7. The molecule has 2 heteroatoms. The van der Waals surface area contributed by atoms with Crippen molar-refractivity contribution in [2.75, 3.05) is 0 Å².